The average Bonchev–Trinajstić information content (AvgIpc) is 3.05. The Bertz CT molecular complexity index is 916. The minimum atomic E-state index is -1.44. The van der Waals surface area contributed by atoms with Crippen LogP contribution in [-0.4, -0.2) is 63.6 Å². The SMILES string of the molecule is CC(C)C1C(=O)N2C(C(=O)OCc3ccccc3[N+](=O)[O-])=C([S+]([O-])CCN(C)C)CC12. The number of carbonyl (C=O) groups excluding carboxylic acids is 2. The maximum atomic E-state index is 13.0. The fourth-order valence-electron chi connectivity index (χ4n) is 4.04. The van der Waals surface area contributed by atoms with Crippen molar-refractivity contribution in [3.05, 3.63) is 50.5 Å². The van der Waals surface area contributed by atoms with Crippen LogP contribution < -0.4 is 0 Å². The molecule has 2 aliphatic rings. The molecule has 1 aromatic carbocycles. The summed E-state index contributed by atoms with van der Waals surface area (Å²) in [6, 6.07) is 5.80. The van der Waals surface area contributed by atoms with Gasteiger partial charge in [-0.25, -0.2) is 4.79 Å². The largest absolute Gasteiger partial charge is 0.612 e. The Balaban J connectivity index is 1.83. The highest BCUT2D eigenvalue weighted by molar-refractivity contribution is 7.95. The standard InChI is InChI=1S/C21H27N3O6S/c1-13(2)18-16-11-17(31(29)10-9-22(3)4)19(23(16)20(18)25)21(26)30-12-14-7-5-6-8-15(14)24(27)28/h5-8,13,16,18H,9-12H2,1-4H3. The first-order valence-electron chi connectivity index (χ1n) is 10.1. The lowest BCUT2D eigenvalue weighted by Gasteiger charge is -2.45. The molecule has 2 aliphatic heterocycles. The lowest BCUT2D eigenvalue weighted by molar-refractivity contribution is -0.385. The topological polar surface area (TPSA) is 116 Å². The number of hydrogen-bond acceptors (Lipinski definition) is 7. The molecule has 0 bridgehead atoms. The van der Waals surface area contributed by atoms with Gasteiger partial charge in [-0.1, -0.05) is 26.0 Å². The summed E-state index contributed by atoms with van der Waals surface area (Å²) in [7, 11) is 3.74. The molecule has 0 aliphatic carbocycles. The van der Waals surface area contributed by atoms with Crippen LogP contribution in [0.5, 0.6) is 0 Å². The molecule has 0 radical (unpaired) electrons. The quantitative estimate of drug-likeness (QED) is 0.186. The number of hydrogen-bond donors (Lipinski definition) is 0. The van der Waals surface area contributed by atoms with Gasteiger partial charge in [0.1, 0.15) is 12.4 Å². The van der Waals surface area contributed by atoms with Crippen molar-refractivity contribution in [1.29, 1.82) is 0 Å². The number of para-hydroxylation sites is 1. The molecule has 3 atom stereocenters. The molecule has 168 valence electrons. The second kappa shape index (κ2) is 9.37. The predicted octanol–water partition coefficient (Wildman–Crippen LogP) is 2.05. The number of esters is 1. The average molecular weight is 450 g/mol. The first kappa shape index (κ1) is 23.2. The zero-order chi connectivity index (χ0) is 22.9. The highest BCUT2D eigenvalue weighted by Gasteiger charge is 2.58. The Kier molecular flexibility index (Phi) is 7.03. The van der Waals surface area contributed by atoms with Crippen LogP contribution in [0.1, 0.15) is 25.8 Å². The number of β-lactam (4-membered cyclic amide) rings is 1. The molecule has 0 N–H and O–H groups in total. The molecule has 1 fully saturated rings. The summed E-state index contributed by atoms with van der Waals surface area (Å²) in [5.41, 5.74) is 0.145. The lowest BCUT2D eigenvalue weighted by atomic mass is 9.79. The maximum absolute atomic E-state index is 13.0. The van der Waals surface area contributed by atoms with E-state index in [9.17, 15) is 24.3 Å². The Morgan fingerprint density at radius 2 is 2.03 bits per heavy atom. The van der Waals surface area contributed by atoms with Crippen molar-refractivity contribution in [2.24, 2.45) is 11.8 Å². The predicted molar refractivity (Wildman–Crippen MR) is 115 cm³/mol. The summed E-state index contributed by atoms with van der Waals surface area (Å²) < 4.78 is 18.3. The van der Waals surface area contributed by atoms with E-state index in [-0.39, 0.29) is 47.3 Å². The number of nitro groups is 1. The van der Waals surface area contributed by atoms with Crippen molar-refractivity contribution in [2.75, 3.05) is 26.4 Å². The van der Waals surface area contributed by atoms with E-state index in [0.717, 1.165) is 0 Å². The van der Waals surface area contributed by atoms with E-state index < -0.39 is 22.1 Å². The molecule has 1 saturated heterocycles. The summed E-state index contributed by atoms with van der Waals surface area (Å²) in [5.74, 6) is -0.722. The lowest BCUT2D eigenvalue weighted by Crippen LogP contribution is -2.60. The molecule has 0 aromatic heterocycles. The van der Waals surface area contributed by atoms with Gasteiger partial charge in [0.05, 0.1) is 22.4 Å². The Morgan fingerprint density at radius 1 is 1.35 bits per heavy atom. The van der Waals surface area contributed by atoms with Crippen LogP contribution in [-0.2, 0) is 32.1 Å². The number of fused-ring (bicyclic) bond motifs is 1. The molecule has 2 heterocycles. The van der Waals surface area contributed by atoms with Crippen molar-refractivity contribution in [1.82, 2.24) is 9.80 Å². The van der Waals surface area contributed by atoms with Gasteiger partial charge in [0, 0.05) is 19.0 Å². The fraction of sp³-hybridized carbons (Fsp3) is 0.524. The molecule has 1 amide bonds. The summed E-state index contributed by atoms with van der Waals surface area (Å²) >= 11 is -1.44. The van der Waals surface area contributed by atoms with E-state index in [1.807, 2.05) is 32.8 Å². The van der Waals surface area contributed by atoms with Crippen LogP contribution in [0.15, 0.2) is 34.9 Å². The zero-order valence-corrected chi connectivity index (χ0v) is 18.9. The number of nitrogens with zero attached hydrogens (tertiary/aromatic N) is 3. The third-order valence-corrected chi connectivity index (χ3v) is 7.09. The van der Waals surface area contributed by atoms with Crippen LogP contribution in [0.2, 0.25) is 0 Å². The number of carbonyl (C=O) groups is 2. The normalized spacial score (nSPS) is 21.4. The molecular weight excluding hydrogens is 422 g/mol. The van der Waals surface area contributed by atoms with Crippen LogP contribution in [0, 0.1) is 22.0 Å². The van der Waals surface area contributed by atoms with Crippen molar-refractivity contribution >= 4 is 28.7 Å². The molecule has 3 unspecified atom stereocenters. The summed E-state index contributed by atoms with van der Waals surface area (Å²) in [4.78, 5) is 40.1. The van der Waals surface area contributed by atoms with E-state index in [1.165, 1.54) is 23.1 Å². The van der Waals surface area contributed by atoms with Crippen LogP contribution >= 0.6 is 0 Å². The molecule has 1 aromatic rings. The van der Waals surface area contributed by atoms with Gasteiger partial charge in [0.25, 0.3) is 5.69 Å². The molecule has 3 rings (SSSR count). The molecule has 0 spiro atoms. The van der Waals surface area contributed by atoms with Crippen molar-refractivity contribution in [3.8, 4) is 0 Å². The minimum absolute atomic E-state index is 0.0440. The van der Waals surface area contributed by atoms with Gasteiger partial charge in [-0.15, -0.1) is 0 Å². The molecular formula is C21H27N3O6S. The number of ether oxygens (including phenoxy) is 1. The van der Waals surface area contributed by atoms with Crippen LogP contribution in [0.3, 0.4) is 0 Å². The highest BCUT2D eigenvalue weighted by Crippen LogP contribution is 2.47. The molecule has 31 heavy (non-hydrogen) atoms. The maximum Gasteiger partial charge on any atom is 0.360 e. The van der Waals surface area contributed by atoms with Gasteiger partial charge in [0.15, 0.2) is 10.6 Å². The van der Waals surface area contributed by atoms with Gasteiger partial charge in [-0.3, -0.25) is 19.8 Å². The number of benzene rings is 1. The number of rotatable bonds is 9. The van der Waals surface area contributed by atoms with E-state index in [1.54, 1.807) is 6.07 Å². The van der Waals surface area contributed by atoms with E-state index in [2.05, 4.69) is 0 Å². The highest BCUT2D eigenvalue weighted by atomic mass is 32.2. The van der Waals surface area contributed by atoms with E-state index >= 15 is 0 Å². The molecule has 0 saturated carbocycles. The minimum Gasteiger partial charge on any atom is -0.612 e. The molecule has 9 nitrogen and oxygen atoms in total. The number of amides is 1. The first-order chi connectivity index (χ1) is 14.6. The Morgan fingerprint density at radius 3 is 2.65 bits per heavy atom. The van der Waals surface area contributed by atoms with Gasteiger partial charge in [-0.2, -0.15) is 0 Å². The van der Waals surface area contributed by atoms with E-state index in [4.69, 9.17) is 4.74 Å². The Hall–Kier alpha value is -2.43. The van der Waals surface area contributed by atoms with Gasteiger partial charge < -0.3 is 14.2 Å². The third-order valence-electron chi connectivity index (χ3n) is 5.63. The zero-order valence-electron chi connectivity index (χ0n) is 18.1. The van der Waals surface area contributed by atoms with Gasteiger partial charge in [-0.05, 0) is 37.3 Å². The van der Waals surface area contributed by atoms with Crippen molar-refractivity contribution in [3.63, 3.8) is 0 Å². The van der Waals surface area contributed by atoms with Crippen molar-refractivity contribution < 1.29 is 23.8 Å². The van der Waals surface area contributed by atoms with Crippen molar-refractivity contribution in [2.45, 2.75) is 32.9 Å². The van der Waals surface area contributed by atoms with Gasteiger partial charge >= 0.3 is 5.97 Å². The number of nitro benzene ring substituents is 1. The monoisotopic (exact) mass is 449 g/mol. The second-order valence-electron chi connectivity index (χ2n) is 8.34. The summed E-state index contributed by atoms with van der Waals surface area (Å²) in [5, 5.41) is 11.2. The summed E-state index contributed by atoms with van der Waals surface area (Å²) in [6.45, 7) is 4.17. The van der Waals surface area contributed by atoms with E-state index in [0.29, 0.717) is 23.6 Å². The second-order valence-corrected chi connectivity index (χ2v) is 9.93. The summed E-state index contributed by atoms with van der Waals surface area (Å²) in [6.07, 6.45) is 0.380. The fourth-order valence-corrected chi connectivity index (χ4v) is 5.57. The van der Waals surface area contributed by atoms with Crippen LogP contribution in [0.4, 0.5) is 5.69 Å². The van der Waals surface area contributed by atoms with Crippen LogP contribution in [0.25, 0.3) is 0 Å². The van der Waals surface area contributed by atoms with Gasteiger partial charge in [0.2, 0.25) is 5.91 Å². The molecule has 10 heteroatoms. The smallest absolute Gasteiger partial charge is 0.360 e. The Labute approximate surface area is 184 Å². The third kappa shape index (κ3) is 4.60. The first-order valence-corrected chi connectivity index (χ1v) is 11.4.